The standard InChI is InChI=1S/C17H29NO2.ClH/c1-2-4-18(12-16(19)20)5-3-17-9-13-6-14(10-17)8-15(7-13)11-17;/h13-15H,2-12H2,1H3,(H,19,20);1H. The number of rotatable bonds is 7. The molecular formula is C17H30ClNO2. The minimum atomic E-state index is -0.677. The first-order valence-corrected chi connectivity index (χ1v) is 8.53. The second-order valence-corrected chi connectivity index (χ2v) is 7.84. The lowest BCUT2D eigenvalue weighted by Gasteiger charge is -2.57. The Morgan fingerprint density at radius 2 is 1.62 bits per heavy atom. The first-order chi connectivity index (χ1) is 9.58. The van der Waals surface area contributed by atoms with Gasteiger partial charge in [0.1, 0.15) is 0 Å². The number of aliphatic carboxylic acids is 1. The summed E-state index contributed by atoms with van der Waals surface area (Å²) in [4.78, 5) is 13.1. The molecule has 0 unspecified atom stereocenters. The molecule has 4 aliphatic carbocycles. The van der Waals surface area contributed by atoms with Gasteiger partial charge in [0.15, 0.2) is 0 Å². The van der Waals surface area contributed by atoms with E-state index in [1.807, 2.05) is 0 Å². The third-order valence-corrected chi connectivity index (χ3v) is 6.02. The molecule has 21 heavy (non-hydrogen) atoms. The number of hydrogen-bond donors (Lipinski definition) is 1. The van der Waals surface area contributed by atoms with Gasteiger partial charge < -0.3 is 5.11 Å². The van der Waals surface area contributed by atoms with Gasteiger partial charge in [0.25, 0.3) is 0 Å². The summed E-state index contributed by atoms with van der Waals surface area (Å²) in [6.45, 7) is 4.28. The molecule has 4 bridgehead atoms. The van der Waals surface area contributed by atoms with Crippen LogP contribution in [-0.2, 0) is 4.79 Å². The van der Waals surface area contributed by atoms with E-state index in [-0.39, 0.29) is 19.0 Å². The largest absolute Gasteiger partial charge is 0.480 e. The van der Waals surface area contributed by atoms with E-state index in [0.717, 1.165) is 37.3 Å². The van der Waals surface area contributed by atoms with Crippen LogP contribution in [0.1, 0.15) is 58.3 Å². The molecule has 0 amide bonds. The lowest BCUT2D eigenvalue weighted by molar-refractivity contribution is -0.138. The van der Waals surface area contributed by atoms with E-state index in [9.17, 15) is 4.79 Å². The van der Waals surface area contributed by atoms with E-state index in [1.54, 1.807) is 0 Å². The third-order valence-electron chi connectivity index (χ3n) is 6.02. The van der Waals surface area contributed by atoms with Gasteiger partial charge >= 0.3 is 5.97 Å². The predicted molar refractivity (Wildman–Crippen MR) is 86.8 cm³/mol. The number of carboxylic acids is 1. The maximum atomic E-state index is 11.0. The highest BCUT2D eigenvalue weighted by Crippen LogP contribution is 2.61. The summed E-state index contributed by atoms with van der Waals surface area (Å²) in [6.07, 6.45) is 11.1. The fraction of sp³-hybridized carbons (Fsp3) is 0.941. The Hall–Kier alpha value is -0.280. The van der Waals surface area contributed by atoms with Gasteiger partial charge in [0, 0.05) is 0 Å². The fourth-order valence-corrected chi connectivity index (χ4v) is 5.77. The van der Waals surface area contributed by atoms with E-state index in [0.29, 0.717) is 5.41 Å². The quantitative estimate of drug-likeness (QED) is 0.776. The molecule has 0 aromatic heterocycles. The summed E-state index contributed by atoms with van der Waals surface area (Å²) in [6, 6.07) is 0. The molecule has 0 saturated heterocycles. The molecule has 0 aromatic rings. The van der Waals surface area contributed by atoms with Crippen molar-refractivity contribution < 1.29 is 9.90 Å². The molecule has 4 rings (SSSR count). The van der Waals surface area contributed by atoms with Crippen LogP contribution in [0, 0.1) is 23.2 Å². The Morgan fingerprint density at radius 1 is 1.10 bits per heavy atom. The highest BCUT2D eigenvalue weighted by atomic mass is 35.5. The first kappa shape index (κ1) is 17.1. The Balaban J connectivity index is 0.00000161. The average molecular weight is 316 g/mol. The highest BCUT2D eigenvalue weighted by molar-refractivity contribution is 5.85. The first-order valence-electron chi connectivity index (χ1n) is 8.53. The third kappa shape index (κ3) is 3.92. The van der Waals surface area contributed by atoms with Gasteiger partial charge in [-0.3, -0.25) is 9.69 Å². The summed E-state index contributed by atoms with van der Waals surface area (Å²) in [5.41, 5.74) is 0.583. The van der Waals surface area contributed by atoms with Gasteiger partial charge in [-0.05, 0) is 87.6 Å². The van der Waals surface area contributed by atoms with Gasteiger partial charge in [-0.2, -0.15) is 0 Å². The normalized spacial score (nSPS) is 36.8. The van der Waals surface area contributed by atoms with Crippen LogP contribution in [0.2, 0.25) is 0 Å². The van der Waals surface area contributed by atoms with E-state index in [2.05, 4.69) is 11.8 Å². The molecule has 0 heterocycles. The summed E-state index contributed by atoms with van der Waals surface area (Å²) < 4.78 is 0. The summed E-state index contributed by atoms with van der Waals surface area (Å²) >= 11 is 0. The number of carboxylic acid groups (broad SMARTS) is 1. The van der Waals surface area contributed by atoms with Crippen molar-refractivity contribution in [1.29, 1.82) is 0 Å². The van der Waals surface area contributed by atoms with Crippen LogP contribution >= 0.6 is 12.4 Å². The molecule has 4 fully saturated rings. The second-order valence-electron chi connectivity index (χ2n) is 7.84. The van der Waals surface area contributed by atoms with Crippen molar-refractivity contribution in [3.05, 3.63) is 0 Å². The molecule has 3 nitrogen and oxygen atoms in total. The molecular weight excluding hydrogens is 286 g/mol. The second kappa shape index (κ2) is 6.87. The van der Waals surface area contributed by atoms with Crippen molar-refractivity contribution in [1.82, 2.24) is 4.90 Å². The van der Waals surface area contributed by atoms with Crippen molar-refractivity contribution in [3.8, 4) is 0 Å². The van der Waals surface area contributed by atoms with Crippen molar-refractivity contribution in [2.75, 3.05) is 19.6 Å². The Bertz CT molecular complexity index is 337. The van der Waals surface area contributed by atoms with E-state index in [4.69, 9.17) is 5.11 Å². The molecule has 0 spiro atoms. The number of halogens is 1. The van der Waals surface area contributed by atoms with Crippen LogP contribution in [-0.4, -0.2) is 35.6 Å². The lowest BCUT2D eigenvalue weighted by atomic mass is 9.49. The van der Waals surface area contributed by atoms with Crippen LogP contribution in [0.3, 0.4) is 0 Å². The lowest BCUT2D eigenvalue weighted by Crippen LogP contribution is -2.47. The summed E-state index contributed by atoms with van der Waals surface area (Å²) in [5.74, 6) is 2.32. The van der Waals surface area contributed by atoms with Gasteiger partial charge in [0.2, 0.25) is 0 Å². The minimum Gasteiger partial charge on any atom is -0.480 e. The van der Waals surface area contributed by atoms with Gasteiger partial charge in [-0.15, -0.1) is 12.4 Å². The van der Waals surface area contributed by atoms with Crippen LogP contribution in [0.15, 0.2) is 0 Å². The maximum Gasteiger partial charge on any atom is 0.317 e. The molecule has 0 aromatic carbocycles. The molecule has 0 radical (unpaired) electrons. The summed E-state index contributed by atoms with van der Waals surface area (Å²) in [5, 5.41) is 9.03. The van der Waals surface area contributed by atoms with Crippen molar-refractivity contribution in [2.24, 2.45) is 23.2 Å². The fourth-order valence-electron chi connectivity index (χ4n) is 5.77. The predicted octanol–water partition coefficient (Wildman–Crippen LogP) is 3.81. The van der Waals surface area contributed by atoms with Gasteiger partial charge in [-0.25, -0.2) is 0 Å². The summed E-state index contributed by atoms with van der Waals surface area (Å²) in [7, 11) is 0. The Kier molecular flexibility index (Phi) is 5.59. The van der Waals surface area contributed by atoms with Crippen LogP contribution in [0.5, 0.6) is 0 Å². The van der Waals surface area contributed by atoms with Crippen molar-refractivity contribution >= 4 is 18.4 Å². The molecule has 4 aliphatic rings. The number of nitrogens with zero attached hydrogens (tertiary/aromatic N) is 1. The molecule has 4 heteroatoms. The van der Waals surface area contributed by atoms with Crippen molar-refractivity contribution in [3.63, 3.8) is 0 Å². The number of carbonyl (C=O) groups is 1. The number of hydrogen-bond acceptors (Lipinski definition) is 2. The molecule has 0 aliphatic heterocycles. The smallest absolute Gasteiger partial charge is 0.317 e. The van der Waals surface area contributed by atoms with Crippen LogP contribution < -0.4 is 0 Å². The average Bonchev–Trinajstić information content (AvgIpc) is 2.34. The van der Waals surface area contributed by atoms with Crippen LogP contribution in [0.4, 0.5) is 0 Å². The van der Waals surface area contributed by atoms with E-state index < -0.39 is 5.97 Å². The maximum absolute atomic E-state index is 11.0. The zero-order valence-corrected chi connectivity index (χ0v) is 14.0. The van der Waals surface area contributed by atoms with Crippen LogP contribution in [0.25, 0.3) is 0 Å². The van der Waals surface area contributed by atoms with E-state index in [1.165, 1.54) is 44.9 Å². The van der Waals surface area contributed by atoms with Crippen molar-refractivity contribution in [2.45, 2.75) is 58.3 Å². The Morgan fingerprint density at radius 3 is 2.05 bits per heavy atom. The highest BCUT2D eigenvalue weighted by Gasteiger charge is 2.50. The Labute approximate surface area is 134 Å². The van der Waals surface area contributed by atoms with E-state index >= 15 is 0 Å². The molecule has 122 valence electrons. The minimum absolute atomic E-state index is 0. The SMILES string of the molecule is CCCN(CCC12CC3CC(CC(C3)C1)C2)CC(=O)O.Cl. The monoisotopic (exact) mass is 315 g/mol. The molecule has 0 atom stereocenters. The topological polar surface area (TPSA) is 40.5 Å². The van der Waals surface area contributed by atoms with Gasteiger partial charge in [0.05, 0.1) is 6.54 Å². The zero-order chi connectivity index (χ0) is 14.2. The van der Waals surface area contributed by atoms with Gasteiger partial charge in [-0.1, -0.05) is 6.92 Å². The molecule has 1 N–H and O–H groups in total. The molecule has 4 saturated carbocycles. The zero-order valence-electron chi connectivity index (χ0n) is 13.2.